The van der Waals surface area contributed by atoms with Crippen molar-refractivity contribution in [2.45, 2.75) is 37.8 Å². The van der Waals surface area contributed by atoms with Gasteiger partial charge in [0.25, 0.3) is 11.4 Å². The summed E-state index contributed by atoms with van der Waals surface area (Å²) < 4.78 is 49.8. The van der Waals surface area contributed by atoms with Gasteiger partial charge in [0.2, 0.25) is 0 Å². The summed E-state index contributed by atoms with van der Waals surface area (Å²) in [5.74, 6) is -0.599. The van der Waals surface area contributed by atoms with Crippen molar-refractivity contribution in [3.05, 3.63) is 56.2 Å². The molecule has 1 aromatic heterocycles. The highest BCUT2D eigenvalue weighted by Gasteiger charge is 2.57. The van der Waals surface area contributed by atoms with E-state index in [4.69, 9.17) is 36.9 Å². The summed E-state index contributed by atoms with van der Waals surface area (Å²) in [7, 11) is -4.25. The predicted octanol–water partition coefficient (Wildman–Crippen LogP) is 1.85. The molecule has 170 valence electrons. The first-order valence-corrected chi connectivity index (χ1v) is 11.2. The minimum absolute atomic E-state index is 0.0936. The number of aliphatic hydroxyl groups excluding tert-OH is 2. The van der Waals surface area contributed by atoms with Gasteiger partial charge in [0.15, 0.2) is 11.0 Å². The van der Waals surface area contributed by atoms with Crippen molar-refractivity contribution in [3.63, 3.8) is 0 Å². The number of phosphoric acid groups is 1. The number of ether oxygens (including phenoxy) is 1. The highest BCUT2D eigenvalue weighted by atomic mass is 32.1. The van der Waals surface area contributed by atoms with Crippen molar-refractivity contribution in [2.75, 3.05) is 6.61 Å². The Bertz CT molecular complexity index is 1270. The summed E-state index contributed by atoms with van der Waals surface area (Å²) in [6.07, 6.45) is 0.820. The molecule has 0 spiro atoms. The smallest absolute Gasteiger partial charge is 0.403 e. The van der Waals surface area contributed by atoms with Gasteiger partial charge in [-0.25, -0.2) is 8.96 Å². The van der Waals surface area contributed by atoms with Gasteiger partial charge >= 0.3 is 7.82 Å². The number of fused-ring (bicyclic) bond motifs is 1. The van der Waals surface area contributed by atoms with Gasteiger partial charge in [-0.1, -0.05) is 24.1 Å². The Hall–Kier alpha value is -2.36. The van der Waals surface area contributed by atoms with Crippen molar-refractivity contribution in [1.29, 1.82) is 0 Å². The quantitative estimate of drug-likeness (QED) is 0.338. The van der Waals surface area contributed by atoms with Crippen molar-refractivity contribution in [1.82, 2.24) is 9.55 Å². The Morgan fingerprint density at radius 1 is 1.50 bits per heavy atom. The molecule has 3 heterocycles. The second-order valence-electron chi connectivity index (χ2n) is 7.23. The van der Waals surface area contributed by atoms with E-state index in [2.05, 4.69) is 10.9 Å². The third kappa shape index (κ3) is 3.93. The second-order valence-corrected chi connectivity index (χ2v) is 9.21. The van der Waals surface area contributed by atoms with Crippen LogP contribution >= 0.6 is 20.0 Å². The summed E-state index contributed by atoms with van der Waals surface area (Å²) in [4.78, 5) is 14.0. The minimum Gasteiger partial charge on any atom is -0.403 e. The van der Waals surface area contributed by atoms with Crippen LogP contribution in [0.25, 0.3) is 0 Å². The van der Waals surface area contributed by atoms with E-state index in [-0.39, 0.29) is 16.9 Å². The molecule has 13 heteroatoms. The molecular weight excluding hydrogens is 466 g/mol. The second kappa shape index (κ2) is 8.20. The zero-order valence-electron chi connectivity index (χ0n) is 16.6. The van der Waals surface area contributed by atoms with Crippen LogP contribution in [0.2, 0.25) is 0 Å². The number of aromatic nitrogens is 2. The lowest BCUT2D eigenvalue weighted by Gasteiger charge is -2.29. The summed E-state index contributed by atoms with van der Waals surface area (Å²) in [6, 6.07) is 5.21. The molecule has 1 unspecified atom stereocenters. The molecule has 1 aromatic carbocycles. The minimum atomic E-state index is -4.25. The van der Waals surface area contributed by atoms with Crippen LogP contribution in [-0.4, -0.2) is 44.4 Å². The van der Waals surface area contributed by atoms with Crippen molar-refractivity contribution < 1.29 is 37.5 Å². The number of phosphoric ester groups is 1. The molecule has 0 radical (unpaired) electrons. The number of aliphatic hydroxyl groups is 2. The monoisotopic (exact) mass is 484 g/mol. The van der Waals surface area contributed by atoms with E-state index in [1.54, 1.807) is 25.1 Å². The van der Waals surface area contributed by atoms with Gasteiger partial charge in [0.05, 0.1) is 6.61 Å². The molecule has 1 saturated heterocycles. The first kappa shape index (κ1) is 22.8. The molecule has 2 aliphatic rings. The number of aryl methyl sites for hydroxylation is 1. The number of para-hydroxylation sites is 1. The van der Waals surface area contributed by atoms with Crippen LogP contribution in [0.15, 0.2) is 29.2 Å². The molecule has 0 aliphatic carbocycles. The van der Waals surface area contributed by atoms with E-state index >= 15 is 4.39 Å². The number of nitrogens with one attached hydrogen (secondary N) is 1. The summed E-state index contributed by atoms with van der Waals surface area (Å²) in [5.41, 5.74) is 0.504. The average molecular weight is 484 g/mol. The number of hydrogen-bond donors (Lipinski definition) is 3. The molecule has 4 rings (SSSR count). The highest BCUT2D eigenvalue weighted by molar-refractivity contribution is 7.71. The Balaban J connectivity index is 1.55. The van der Waals surface area contributed by atoms with Crippen LogP contribution in [0.5, 0.6) is 5.75 Å². The number of aromatic amines is 1. The standard InChI is InChI=1S/C19H18FN2O8PS/c1-3-11-7-22(18(32)21-16(11)25)17-13(23)15(24)19(20,29-17)9-28-31(26)27-8-12-6-4-5-10(2)14(12)30-31/h1,4-7,13,15,17,23-24H,8-9H2,2H3,(H,21,25,32)/t13-,15+,17-,19-,31?/m1/s1. The van der Waals surface area contributed by atoms with Crippen LogP contribution in [0.3, 0.4) is 0 Å². The molecule has 5 atom stereocenters. The van der Waals surface area contributed by atoms with Gasteiger partial charge in [-0.3, -0.25) is 23.4 Å². The normalized spacial score (nSPS) is 31.5. The van der Waals surface area contributed by atoms with Gasteiger partial charge in [0, 0.05) is 11.8 Å². The first-order valence-electron chi connectivity index (χ1n) is 9.29. The number of alkyl halides is 1. The Labute approximate surface area is 186 Å². The highest BCUT2D eigenvalue weighted by Crippen LogP contribution is 2.56. The lowest BCUT2D eigenvalue weighted by molar-refractivity contribution is -0.205. The van der Waals surface area contributed by atoms with E-state index in [1.165, 1.54) is 0 Å². The Morgan fingerprint density at radius 2 is 2.25 bits per heavy atom. The summed E-state index contributed by atoms with van der Waals surface area (Å²) in [6.45, 7) is 0.538. The third-order valence-electron chi connectivity index (χ3n) is 5.07. The van der Waals surface area contributed by atoms with Gasteiger partial charge < -0.3 is 19.5 Å². The number of benzene rings is 1. The topological polar surface area (TPSA) is 132 Å². The molecule has 32 heavy (non-hydrogen) atoms. The lowest BCUT2D eigenvalue weighted by Crippen LogP contribution is -2.43. The van der Waals surface area contributed by atoms with Crippen LogP contribution in [0, 0.1) is 24.0 Å². The maximum Gasteiger partial charge on any atom is 0.530 e. The zero-order chi connectivity index (χ0) is 23.3. The number of hydrogen-bond acceptors (Lipinski definition) is 9. The lowest BCUT2D eigenvalue weighted by atomic mass is 10.1. The molecule has 2 aliphatic heterocycles. The fraction of sp³-hybridized carbons (Fsp3) is 0.368. The number of terminal acetylenes is 1. The maximum atomic E-state index is 15.4. The molecule has 0 bridgehead atoms. The Kier molecular flexibility index (Phi) is 5.85. The predicted molar refractivity (Wildman–Crippen MR) is 110 cm³/mol. The zero-order valence-corrected chi connectivity index (χ0v) is 18.3. The fourth-order valence-electron chi connectivity index (χ4n) is 3.34. The van der Waals surface area contributed by atoms with Gasteiger partial charge in [-0.2, -0.15) is 0 Å². The number of nitrogens with zero attached hydrogens (tertiary/aromatic N) is 1. The first-order chi connectivity index (χ1) is 15.1. The fourth-order valence-corrected chi connectivity index (χ4v) is 4.89. The molecule has 0 amide bonds. The average Bonchev–Trinajstić information content (AvgIpc) is 2.98. The summed E-state index contributed by atoms with van der Waals surface area (Å²) in [5, 5.41) is 20.6. The number of H-pyrrole nitrogens is 1. The van der Waals surface area contributed by atoms with Crippen molar-refractivity contribution in [3.8, 4) is 18.1 Å². The van der Waals surface area contributed by atoms with E-state index < -0.39 is 44.3 Å². The number of rotatable bonds is 4. The molecule has 10 nitrogen and oxygen atoms in total. The van der Waals surface area contributed by atoms with Crippen LogP contribution < -0.4 is 10.1 Å². The molecule has 2 aromatic rings. The van der Waals surface area contributed by atoms with Gasteiger partial charge in [-0.05, 0) is 24.7 Å². The SMILES string of the molecule is C#Cc1cn([C@@H]2O[C@](F)(COP3(=O)OCc4cccc(C)c4O3)[C@@H](O)[C@H]2O)c(=S)[nH]c1=O. The van der Waals surface area contributed by atoms with E-state index in [0.29, 0.717) is 16.9 Å². The molecular formula is C19H18FN2O8PS. The summed E-state index contributed by atoms with van der Waals surface area (Å²) >= 11 is 5.01. The molecule has 1 fully saturated rings. The van der Waals surface area contributed by atoms with E-state index in [1.807, 2.05) is 0 Å². The van der Waals surface area contributed by atoms with Crippen molar-refractivity contribution in [2.24, 2.45) is 0 Å². The molecule has 0 saturated carbocycles. The van der Waals surface area contributed by atoms with Crippen LogP contribution in [0.4, 0.5) is 4.39 Å². The van der Waals surface area contributed by atoms with Crippen LogP contribution in [0.1, 0.15) is 22.9 Å². The third-order valence-corrected chi connectivity index (χ3v) is 6.68. The van der Waals surface area contributed by atoms with Crippen LogP contribution in [-0.2, 0) is 25.0 Å². The largest absolute Gasteiger partial charge is 0.530 e. The van der Waals surface area contributed by atoms with Gasteiger partial charge in [0.1, 0.15) is 30.1 Å². The van der Waals surface area contributed by atoms with Gasteiger partial charge in [-0.15, -0.1) is 6.42 Å². The maximum absolute atomic E-state index is 15.4. The number of halogens is 1. The molecule has 3 N–H and O–H groups in total. The van der Waals surface area contributed by atoms with E-state index in [9.17, 15) is 19.6 Å². The Morgan fingerprint density at radius 3 is 2.97 bits per heavy atom. The van der Waals surface area contributed by atoms with E-state index in [0.717, 1.165) is 10.8 Å². The van der Waals surface area contributed by atoms with Crippen molar-refractivity contribution >= 4 is 20.0 Å².